The lowest BCUT2D eigenvalue weighted by molar-refractivity contribution is 0.172. The van der Waals surface area contributed by atoms with Crippen LogP contribution in [0.4, 0.5) is 0 Å². The second-order valence-corrected chi connectivity index (χ2v) is 6.28. The highest BCUT2D eigenvalue weighted by Crippen LogP contribution is 2.43. The normalized spacial score (nSPS) is 33.1. The molecule has 2 nitrogen and oxygen atoms in total. The van der Waals surface area contributed by atoms with E-state index in [1.54, 1.807) is 0 Å². The highest BCUT2D eigenvalue weighted by Gasteiger charge is 2.39. The summed E-state index contributed by atoms with van der Waals surface area (Å²) in [5.41, 5.74) is 8.08. The Hall–Kier alpha value is -0.860. The van der Waals surface area contributed by atoms with Gasteiger partial charge in [-0.1, -0.05) is 30.3 Å². The van der Waals surface area contributed by atoms with E-state index in [9.17, 15) is 0 Å². The first-order chi connectivity index (χ1) is 8.76. The number of likely N-dealkylation sites (tertiary alicyclic amines) is 1. The van der Waals surface area contributed by atoms with Gasteiger partial charge in [0.2, 0.25) is 0 Å². The van der Waals surface area contributed by atoms with Gasteiger partial charge in [-0.3, -0.25) is 4.90 Å². The zero-order valence-corrected chi connectivity index (χ0v) is 11.1. The largest absolute Gasteiger partial charge is 0.328 e. The number of nitrogens with two attached hydrogens (primary N) is 1. The third-order valence-electron chi connectivity index (χ3n) is 4.86. The Labute approximate surface area is 110 Å². The average molecular weight is 244 g/mol. The molecule has 0 amide bonds. The summed E-state index contributed by atoms with van der Waals surface area (Å²) in [5, 5.41) is 0. The summed E-state index contributed by atoms with van der Waals surface area (Å²) < 4.78 is 0. The fourth-order valence-electron chi connectivity index (χ4n) is 3.66. The van der Waals surface area contributed by atoms with Gasteiger partial charge >= 0.3 is 0 Å². The maximum Gasteiger partial charge on any atom is 0.0233 e. The van der Waals surface area contributed by atoms with Gasteiger partial charge in [0.25, 0.3) is 0 Å². The smallest absolute Gasteiger partial charge is 0.0233 e. The second kappa shape index (κ2) is 5.02. The maximum atomic E-state index is 6.03. The van der Waals surface area contributed by atoms with Gasteiger partial charge in [-0.2, -0.15) is 0 Å². The van der Waals surface area contributed by atoms with Crippen LogP contribution in [0, 0.1) is 5.41 Å². The third kappa shape index (κ3) is 2.60. The lowest BCUT2D eigenvalue weighted by atomic mass is 9.72. The summed E-state index contributed by atoms with van der Waals surface area (Å²) in [6.07, 6.45) is 6.55. The Balaban J connectivity index is 1.58. The van der Waals surface area contributed by atoms with Crippen molar-refractivity contribution in [2.75, 3.05) is 13.1 Å². The lowest BCUT2D eigenvalue weighted by Crippen LogP contribution is -2.36. The van der Waals surface area contributed by atoms with Gasteiger partial charge in [0.05, 0.1) is 0 Å². The quantitative estimate of drug-likeness (QED) is 0.867. The molecular formula is C16H24N2. The van der Waals surface area contributed by atoms with Crippen LogP contribution in [0.5, 0.6) is 0 Å². The Morgan fingerprint density at radius 1 is 1.11 bits per heavy atom. The van der Waals surface area contributed by atoms with Crippen LogP contribution in [0.2, 0.25) is 0 Å². The summed E-state index contributed by atoms with van der Waals surface area (Å²) >= 11 is 0. The summed E-state index contributed by atoms with van der Waals surface area (Å²) in [7, 11) is 0. The maximum absolute atomic E-state index is 6.03. The van der Waals surface area contributed by atoms with E-state index in [2.05, 4.69) is 35.2 Å². The van der Waals surface area contributed by atoms with Crippen molar-refractivity contribution in [1.29, 1.82) is 0 Å². The molecule has 1 aliphatic carbocycles. The van der Waals surface area contributed by atoms with E-state index in [0.717, 1.165) is 6.54 Å². The molecule has 1 saturated heterocycles. The van der Waals surface area contributed by atoms with Gasteiger partial charge in [0.15, 0.2) is 0 Å². The summed E-state index contributed by atoms with van der Waals surface area (Å²) in [5.74, 6) is 0. The molecule has 18 heavy (non-hydrogen) atoms. The molecule has 0 unspecified atom stereocenters. The molecule has 1 saturated carbocycles. The van der Waals surface area contributed by atoms with Crippen molar-refractivity contribution in [3.63, 3.8) is 0 Å². The first kappa shape index (κ1) is 12.2. The van der Waals surface area contributed by atoms with E-state index in [1.807, 2.05) is 0 Å². The first-order valence-electron chi connectivity index (χ1n) is 7.28. The highest BCUT2D eigenvalue weighted by molar-refractivity contribution is 5.15. The van der Waals surface area contributed by atoms with E-state index < -0.39 is 0 Å². The van der Waals surface area contributed by atoms with Crippen molar-refractivity contribution in [1.82, 2.24) is 4.90 Å². The van der Waals surface area contributed by atoms with Crippen LogP contribution >= 0.6 is 0 Å². The predicted molar refractivity (Wildman–Crippen MR) is 75.2 cm³/mol. The van der Waals surface area contributed by atoms with Gasteiger partial charge in [-0.15, -0.1) is 0 Å². The highest BCUT2D eigenvalue weighted by atomic mass is 15.2. The molecule has 1 aromatic carbocycles. The molecule has 2 aliphatic rings. The van der Waals surface area contributed by atoms with Gasteiger partial charge in [-0.05, 0) is 49.6 Å². The molecule has 1 aromatic rings. The minimum atomic E-state index is 0.471. The standard InChI is InChI=1S/C16H24N2/c17-15-6-8-16(9-7-15)10-11-18(13-16)12-14-4-2-1-3-5-14/h1-5,15H,6-13,17H2. The fraction of sp³-hybridized carbons (Fsp3) is 0.625. The Morgan fingerprint density at radius 3 is 2.56 bits per heavy atom. The Kier molecular flexibility index (Phi) is 3.40. The number of rotatable bonds is 2. The molecule has 1 heterocycles. The van der Waals surface area contributed by atoms with Crippen molar-refractivity contribution in [2.45, 2.75) is 44.7 Å². The average Bonchev–Trinajstić information content (AvgIpc) is 2.78. The molecule has 2 heteroatoms. The number of nitrogens with zero attached hydrogens (tertiary/aromatic N) is 1. The van der Waals surface area contributed by atoms with E-state index in [-0.39, 0.29) is 0 Å². The Bertz CT molecular complexity index is 379. The summed E-state index contributed by atoms with van der Waals surface area (Å²) in [4.78, 5) is 2.63. The molecule has 3 rings (SSSR count). The van der Waals surface area contributed by atoms with E-state index >= 15 is 0 Å². The number of hydrogen-bond acceptors (Lipinski definition) is 2. The molecule has 1 aliphatic heterocycles. The van der Waals surface area contributed by atoms with E-state index in [1.165, 1.54) is 50.8 Å². The minimum Gasteiger partial charge on any atom is -0.328 e. The molecule has 0 aromatic heterocycles. The predicted octanol–water partition coefficient (Wildman–Crippen LogP) is 2.78. The third-order valence-corrected chi connectivity index (χ3v) is 4.86. The van der Waals surface area contributed by atoms with Crippen molar-refractivity contribution < 1.29 is 0 Å². The monoisotopic (exact) mass is 244 g/mol. The molecule has 2 fully saturated rings. The molecule has 0 atom stereocenters. The van der Waals surface area contributed by atoms with Crippen molar-refractivity contribution in [3.05, 3.63) is 35.9 Å². The molecule has 0 bridgehead atoms. The SMILES string of the molecule is NC1CCC2(CC1)CCN(Cc1ccccc1)C2. The Morgan fingerprint density at radius 2 is 1.83 bits per heavy atom. The minimum absolute atomic E-state index is 0.471. The first-order valence-corrected chi connectivity index (χ1v) is 7.28. The number of hydrogen-bond donors (Lipinski definition) is 1. The van der Waals surface area contributed by atoms with E-state index in [0.29, 0.717) is 11.5 Å². The van der Waals surface area contributed by atoms with Crippen LogP contribution < -0.4 is 5.73 Å². The van der Waals surface area contributed by atoms with Crippen molar-refractivity contribution in [3.8, 4) is 0 Å². The van der Waals surface area contributed by atoms with Crippen LogP contribution in [0.3, 0.4) is 0 Å². The van der Waals surface area contributed by atoms with Gasteiger partial charge < -0.3 is 5.73 Å². The fourth-order valence-corrected chi connectivity index (χ4v) is 3.66. The molecule has 98 valence electrons. The van der Waals surface area contributed by atoms with Crippen LogP contribution in [-0.4, -0.2) is 24.0 Å². The van der Waals surface area contributed by atoms with Gasteiger partial charge in [0, 0.05) is 19.1 Å². The lowest BCUT2D eigenvalue weighted by Gasteiger charge is -2.36. The van der Waals surface area contributed by atoms with Crippen molar-refractivity contribution in [2.24, 2.45) is 11.1 Å². The zero-order valence-electron chi connectivity index (χ0n) is 11.1. The topological polar surface area (TPSA) is 29.3 Å². The molecule has 1 spiro atoms. The van der Waals surface area contributed by atoms with Crippen LogP contribution in [0.15, 0.2) is 30.3 Å². The van der Waals surface area contributed by atoms with Gasteiger partial charge in [0.1, 0.15) is 0 Å². The van der Waals surface area contributed by atoms with E-state index in [4.69, 9.17) is 5.73 Å². The summed E-state index contributed by atoms with van der Waals surface area (Å²) in [6, 6.07) is 11.3. The zero-order chi connectivity index (χ0) is 12.4. The number of benzene rings is 1. The van der Waals surface area contributed by atoms with Crippen molar-refractivity contribution >= 4 is 0 Å². The molecule has 2 N–H and O–H groups in total. The second-order valence-electron chi connectivity index (χ2n) is 6.28. The van der Waals surface area contributed by atoms with Gasteiger partial charge in [-0.25, -0.2) is 0 Å². The molecular weight excluding hydrogens is 220 g/mol. The van der Waals surface area contributed by atoms with Crippen LogP contribution in [0.1, 0.15) is 37.7 Å². The van der Waals surface area contributed by atoms with Crippen LogP contribution in [0.25, 0.3) is 0 Å². The van der Waals surface area contributed by atoms with Crippen LogP contribution in [-0.2, 0) is 6.54 Å². The molecule has 0 radical (unpaired) electrons. The summed E-state index contributed by atoms with van der Waals surface area (Å²) in [6.45, 7) is 3.67.